The molecule has 1 atom stereocenters. The molecule has 19 heavy (non-hydrogen) atoms. The molecule has 0 aromatic heterocycles. The van der Waals surface area contributed by atoms with Gasteiger partial charge in [0.15, 0.2) is 0 Å². The first-order chi connectivity index (χ1) is 9.20. The molecular formula is C17H20O2. The van der Waals surface area contributed by atoms with E-state index in [1.165, 1.54) is 11.1 Å². The molecule has 0 amide bonds. The molecule has 0 saturated heterocycles. The van der Waals surface area contributed by atoms with Gasteiger partial charge in [-0.25, -0.2) is 0 Å². The molecule has 0 bridgehead atoms. The van der Waals surface area contributed by atoms with Gasteiger partial charge in [-0.3, -0.25) is 0 Å². The fraction of sp³-hybridized carbons (Fsp3) is 0.294. The summed E-state index contributed by atoms with van der Waals surface area (Å²) in [6.45, 7) is 4.69. The molecule has 1 N–H and O–H groups in total. The summed E-state index contributed by atoms with van der Waals surface area (Å²) in [6.07, 6.45) is 0. The van der Waals surface area contributed by atoms with Crippen molar-refractivity contribution in [2.24, 2.45) is 0 Å². The van der Waals surface area contributed by atoms with E-state index < -0.39 is 0 Å². The summed E-state index contributed by atoms with van der Waals surface area (Å²) < 4.78 is 5.76. The molecule has 0 saturated carbocycles. The minimum Gasteiger partial charge on any atom is -0.493 e. The summed E-state index contributed by atoms with van der Waals surface area (Å²) in [6, 6.07) is 16.1. The van der Waals surface area contributed by atoms with E-state index in [1.54, 1.807) is 0 Å². The van der Waals surface area contributed by atoms with Gasteiger partial charge in [-0.2, -0.15) is 0 Å². The van der Waals surface area contributed by atoms with Crippen molar-refractivity contribution in [2.75, 3.05) is 13.2 Å². The highest BCUT2D eigenvalue weighted by molar-refractivity contribution is 5.30. The molecule has 0 fully saturated rings. The number of aliphatic hydroxyl groups excluding tert-OH is 1. The van der Waals surface area contributed by atoms with Crippen LogP contribution in [0.15, 0.2) is 48.5 Å². The van der Waals surface area contributed by atoms with Gasteiger partial charge in [0.25, 0.3) is 0 Å². The normalized spacial score (nSPS) is 12.2. The third-order valence-electron chi connectivity index (χ3n) is 3.32. The lowest BCUT2D eigenvalue weighted by Gasteiger charge is -2.17. The Balaban J connectivity index is 2.04. The second kappa shape index (κ2) is 6.39. The van der Waals surface area contributed by atoms with Crippen molar-refractivity contribution in [3.05, 3.63) is 65.2 Å². The van der Waals surface area contributed by atoms with Gasteiger partial charge in [0, 0.05) is 5.92 Å². The standard InChI is InChI=1S/C17H20O2/c1-13-7-9-16(10-8-13)19-12-15(11-18)17-6-4-3-5-14(17)2/h3-10,15,18H,11-12H2,1-2H3. The van der Waals surface area contributed by atoms with Gasteiger partial charge in [0.2, 0.25) is 0 Å². The van der Waals surface area contributed by atoms with E-state index in [9.17, 15) is 5.11 Å². The summed E-state index contributed by atoms with van der Waals surface area (Å²) in [4.78, 5) is 0. The number of benzene rings is 2. The first-order valence-corrected chi connectivity index (χ1v) is 6.56. The maximum Gasteiger partial charge on any atom is 0.119 e. The van der Waals surface area contributed by atoms with Crippen LogP contribution in [-0.2, 0) is 0 Å². The lowest BCUT2D eigenvalue weighted by Crippen LogP contribution is -2.15. The van der Waals surface area contributed by atoms with E-state index in [0.29, 0.717) is 6.61 Å². The third-order valence-corrected chi connectivity index (χ3v) is 3.32. The van der Waals surface area contributed by atoms with Crippen LogP contribution in [-0.4, -0.2) is 18.3 Å². The number of hydrogen-bond acceptors (Lipinski definition) is 2. The van der Waals surface area contributed by atoms with Gasteiger partial charge in [-0.05, 0) is 37.1 Å². The zero-order chi connectivity index (χ0) is 13.7. The maximum absolute atomic E-state index is 9.55. The average molecular weight is 256 g/mol. The van der Waals surface area contributed by atoms with Gasteiger partial charge in [-0.15, -0.1) is 0 Å². The molecular weight excluding hydrogens is 236 g/mol. The van der Waals surface area contributed by atoms with Crippen LogP contribution in [0.1, 0.15) is 22.6 Å². The Morgan fingerprint density at radius 1 is 1.00 bits per heavy atom. The van der Waals surface area contributed by atoms with Crippen LogP contribution < -0.4 is 4.74 Å². The molecule has 2 aromatic rings. The van der Waals surface area contributed by atoms with Crippen molar-refractivity contribution < 1.29 is 9.84 Å². The van der Waals surface area contributed by atoms with Gasteiger partial charge >= 0.3 is 0 Å². The number of aryl methyl sites for hydroxylation is 2. The largest absolute Gasteiger partial charge is 0.493 e. The van der Waals surface area contributed by atoms with E-state index in [1.807, 2.05) is 43.3 Å². The zero-order valence-corrected chi connectivity index (χ0v) is 11.5. The van der Waals surface area contributed by atoms with Gasteiger partial charge in [0.05, 0.1) is 13.2 Å². The summed E-state index contributed by atoms with van der Waals surface area (Å²) in [7, 11) is 0. The molecule has 2 nitrogen and oxygen atoms in total. The highest BCUT2D eigenvalue weighted by Gasteiger charge is 2.13. The van der Waals surface area contributed by atoms with Gasteiger partial charge in [-0.1, -0.05) is 42.0 Å². The molecule has 2 rings (SSSR count). The van der Waals surface area contributed by atoms with Crippen molar-refractivity contribution in [3.63, 3.8) is 0 Å². The Bertz CT molecular complexity index is 517. The summed E-state index contributed by atoms with van der Waals surface area (Å²) in [5.41, 5.74) is 3.55. The highest BCUT2D eigenvalue weighted by Crippen LogP contribution is 2.21. The van der Waals surface area contributed by atoms with Crippen LogP contribution in [0.2, 0.25) is 0 Å². The van der Waals surface area contributed by atoms with Gasteiger partial charge in [0.1, 0.15) is 5.75 Å². The van der Waals surface area contributed by atoms with Crippen molar-refractivity contribution in [2.45, 2.75) is 19.8 Å². The molecule has 0 spiro atoms. The minimum absolute atomic E-state index is 0.0162. The van der Waals surface area contributed by atoms with E-state index in [2.05, 4.69) is 19.1 Å². The first kappa shape index (κ1) is 13.6. The zero-order valence-electron chi connectivity index (χ0n) is 11.5. The van der Waals surface area contributed by atoms with Crippen LogP contribution in [0.4, 0.5) is 0 Å². The van der Waals surface area contributed by atoms with Crippen LogP contribution in [0.3, 0.4) is 0 Å². The Labute approximate surface area is 114 Å². The van der Waals surface area contributed by atoms with Crippen molar-refractivity contribution >= 4 is 0 Å². The number of aliphatic hydroxyl groups is 1. The maximum atomic E-state index is 9.55. The van der Waals surface area contributed by atoms with Gasteiger partial charge < -0.3 is 9.84 Å². The van der Waals surface area contributed by atoms with Crippen LogP contribution in [0, 0.1) is 13.8 Å². The Morgan fingerprint density at radius 2 is 1.68 bits per heavy atom. The molecule has 0 aliphatic carbocycles. The second-order valence-corrected chi connectivity index (χ2v) is 4.86. The first-order valence-electron chi connectivity index (χ1n) is 6.56. The van der Waals surface area contributed by atoms with Crippen molar-refractivity contribution in [1.29, 1.82) is 0 Å². The minimum atomic E-state index is 0.0162. The summed E-state index contributed by atoms with van der Waals surface area (Å²) >= 11 is 0. The SMILES string of the molecule is Cc1ccc(OCC(CO)c2ccccc2C)cc1. The molecule has 2 aromatic carbocycles. The molecule has 1 unspecified atom stereocenters. The number of ether oxygens (including phenoxy) is 1. The molecule has 100 valence electrons. The van der Waals surface area contributed by atoms with E-state index in [0.717, 1.165) is 11.3 Å². The van der Waals surface area contributed by atoms with Crippen LogP contribution in [0.5, 0.6) is 5.75 Å². The predicted octanol–water partition coefficient (Wildman–Crippen LogP) is 3.46. The number of hydrogen-bond donors (Lipinski definition) is 1. The number of rotatable bonds is 5. The Kier molecular flexibility index (Phi) is 4.58. The van der Waals surface area contributed by atoms with Crippen LogP contribution >= 0.6 is 0 Å². The summed E-state index contributed by atoms with van der Waals surface area (Å²) in [5.74, 6) is 0.861. The Morgan fingerprint density at radius 3 is 2.32 bits per heavy atom. The average Bonchev–Trinajstić information content (AvgIpc) is 2.43. The van der Waals surface area contributed by atoms with E-state index >= 15 is 0 Å². The van der Waals surface area contributed by atoms with Crippen molar-refractivity contribution in [3.8, 4) is 5.75 Å². The highest BCUT2D eigenvalue weighted by atomic mass is 16.5. The third kappa shape index (κ3) is 3.58. The van der Waals surface area contributed by atoms with Crippen LogP contribution in [0.25, 0.3) is 0 Å². The van der Waals surface area contributed by atoms with E-state index in [4.69, 9.17) is 4.74 Å². The lowest BCUT2D eigenvalue weighted by atomic mass is 9.96. The molecule has 0 radical (unpaired) electrons. The Hall–Kier alpha value is -1.80. The fourth-order valence-corrected chi connectivity index (χ4v) is 2.12. The van der Waals surface area contributed by atoms with E-state index in [-0.39, 0.29) is 12.5 Å². The predicted molar refractivity (Wildman–Crippen MR) is 77.7 cm³/mol. The van der Waals surface area contributed by atoms with Crippen molar-refractivity contribution in [1.82, 2.24) is 0 Å². The molecule has 0 heterocycles. The topological polar surface area (TPSA) is 29.5 Å². The second-order valence-electron chi connectivity index (χ2n) is 4.86. The smallest absolute Gasteiger partial charge is 0.119 e. The molecule has 0 aliphatic heterocycles. The fourth-order valence-electron chi connectivity index (χ4n) is 2.12. The summed E-state index contributed by atoms with van der Waals surface area (Å²) in [5, 5.41) is 9.55. The molecule has 0 aliphatic rings. The monoisotopic (exact) mass is 256 g/mol. The molecule has 2 heteroatoms. The lowest BCUT2D eigenvalue weighted by molar-refractivity contribution is 0.204. The quantitative estimate of drug-likeness (QED) is 0.887.